The third kappa shape index (κ3) is 4.10. The Kier molecular flexibility index (Phi) is 5.73. The molecular formula is C27H25N3O2. The molecule has 5 nitrogen and oxygen atoms in total. The van der Waals surface area contributed by atoms with Crippen LogP contribution in [-0.4, -0.2) is 15.7 Å². The van der Waals surface area contributed by atoms with Gasteiger partial charge in [0.1, 0.15) is 11.5 Å². The van der Waals surface area contributed by atoms with Crippen LogP contribution in [0.4, 0.5) is 5.82 Å². The Morgan fingerprint density at radius 1 is 0.844 bits per heavy atom. The number of hydrogen-bond donors (Lipinski definition) is 1. The van der Waals surface area contributed by atoms with Crippen LogP contribution in [-0.2, 0) is 0 Å². The lowest BCUT2D eigenvalue weighted by molar-refractivity contribution is 0.102. The summed E-state index contributed by atoms with van der Waals surface area (Å²) in [6, 6.07) is 22.6. The molecule has 0 fully saturated rings. The van der Waals surface area contributed by atoms with E-state index >= 15 is 0 Å². The topological polar surface area (TPSA) is 64.0 Å². The van der Waals surface area contributed by atoms with Gasteiger partial charge in [-0.3, -0.25) is 9.59 Å². The second-order valence-corrected chi connectivity index (χ2v) is 8.00. The van der Waals surface area contributed by atoms with Crippen LogP contribution in [0.15, 0.2) is 77.6 Å². The van der Waals surface area contributed by atoms with Crippen molar-refractivity contribution < 1.29 is 4.79 Å². The zero-order chi connectivity index (χ0) is 22.8. The molecule has 160 valence electrons. The van der Waals surface area contributed by atoms with Crippen LogP contribution in [0.25, 0.3) is 16.8 Å². The maximum atomic E-state index is 13.2. The maximum Gasteiger partial charge on any atom is 0.256 e. The summed E-state index contributed by atoms with van der Waals surface area (Å²) in [6.07, 6.45) is 0. The standard InChI is InChI=1S/C27H25N3O2/c1-17-10-13-22(14-11-17)27(32)28-26-24(21-8-6-5-7-9-21)25(31)20(4)29-30(26)23-15-12-18(2)19(3)16-23/h5-16H,1-4H3,(H,28,32). The Bertz CT molecular complexity index is 1350. The fourth-order valence-electron chi connectivity index (χ4n) is 3.56. The molecule has 0 bridgehead atoms. The van der Waals surface area contributed by atoms with Gasteiger partial charge in [-0.25, -0.2) is 4.68 Å². The van der Waals surface area contributed by atoms with Gasteiger partial charge in [0.05, 0.1) is 11.3 Å². The molecule has 0 saturated heterocycles. The molecule has 0 aliphatic carbocycles. The van der Waals surface area contributed by atoms with Crippen molar-refractivity contribution in [2.75, 3.05) is 5.32 Å². The van der Waals surface area contributed by atoms with Gasteiger partial charge in [0.25, 0.3) is 5.91 Å². The van der Waals surface area contributed by atoms with Crippen molar-refractivity contribution in [2.45, 2.75) is 27.7 Å². The average Bonchev–Trinajstić information content (AvgIpc) is 2.79. The number of amides is 1. The van der Waals surface area contributed by atoms with Crippen molar-refractivity contribution in [3.8, 4) is 16.8 Å². The van der Waals surface area contributed by atoms with Crippen LogP contribution in [0.2, 0.25) is 0 Å². The molecule has 3 aromatic carbocycles. The molecular weight excluding hydrogens is 398 g/mol. The number of benzene rings is 3. The largest absolute Gasteiger partial charge is 0.306 e. The van der Waals surface area contributed by atoms with E-state index < -0.39 is 0 Å². The fourth-order valence-corrected chi connectivity index (χ4v) is 3.56. The monoisotopic (exact) mass is 423 g/mol. The van der Waals surface area contributed by atoms with E-state index in [1.807, 2.05) is 81.4 Å². The highest BCUT2D eigenvalue weighted by Crippen LogP contribution is 2.28. The summed E-state index contributed by atoms with van der Waals surface area (Å²) in [5.74, 6) is 0.0467. The molecule has 0 unspecified atom stereocenters. The highest BCUT2D eigenvalue weighted by molar-refractivity contribution is 6.05. The summed E-state index contributed by atoms with van der Waals surface area (Å²) in [5.41, 5.74) is 5.87. The number of carbonyl (C=O) groups is 1. The predicted molar refractivity (Wildman–Crippen MR) is 129 cm³/mol. The summed E-state index contributed by atoms with van der Waals surface area (Å²) in [5, 5.41) is 7.53. The number of hydrogen-bond acceptors (Lipinski definition) is 3. The minimum absolute atomic E-state index is 0.213. The lowest BCUT2D eigenvalue weighted by Crippen LogP contribution is -2.25. The van der Waals surface area contributed by atoms with Crippen molar-refractivity contribution in [1.82, 2.24) is 9.78 Å². The van der Waals surface area contributed by atoms with Crippen molar-refractivity contribution in [3.63, 3.8) is 0 Å². The highest BCUT2D eigenvalue weighted by atomic mass is 16.2. The van der Waals surface area contributed by atoms with E-state index in [1.165, 1.54) is 0 Å². The van der Waals surface area contributed by atoms with Gasteiger partial charge in [0, 0.05) is 5.56 Å². The van der Waals surface area contributed by atoms with Crippen LogP contribution in [0.1, 0.15) is 32.7 Å². The van der Waals surface area contributed by atoms with E-state index in [2.05, 4.69) is 10.4 Å². The van der Waals surface area contributed by atoms with Gasteiger partial charge in [0.2, 0.25) is 5.43 Å². The number of aryl methyl sites for hydroxylation is 4. The Labute approximate surface area is 187 Å². The van der Waals surface area contributed by atoms with E-state index in [0.29, 0.717) is 22.6 Å². The van der Waals surface area contributed by atoms with E-state index in [4.69, 9.17) is 0 Å². The highest BCUT2D eigenvalue weighted by Gasteiger charge is 2.21. The molecule has 0 radical (unpaired) electrons. The average molecular weight is 424 g/mol. The minimum Gasteiger partial charge on any atom is -0.306 e. The van der Waals surface area contributed by atoms with Crippen molar-refractivity contribution in [1.29, 1.82) is 0 Å². The molecule has 1 heterocycles. The normalized spacial score (nSPS) is 10.8. The Hall–Kier alpha value is -3.99. The van der Waals surface area contributed by atoms with Gasteiger partial charge in [-0.1, -0.05) is 54.1 Å². The first kappa shape index (κ1) is 21.2. The quantitative estimate of drug-likeness (QED) is 0.479. The number of rotatable bonds is 4. The van der Waals surface area contributed by atoms with Gasteiger partial charge in [-0.15, -0.1) is 0 Å². The third-order valence-electron chi connectivity index (χ3n) is 5.60. The zero-order valence-corrected chi connectivity index (χ0v) is 18.6. The Balaban J connectivity index is 1.96. The molecule has 0 spiro atoms. The lowest BCUT2D eigenvalue weighted by atomic mass is 10.0. The van der Waals surface area contributed by atoms with Gasteiger partial charge < -0.3 is 5.32 Å². The predicted octanol–water partition coefficient (Wildman–Crippen LogP) is 5.39. The minimum atomic E-state index is -0.301. The van der Waals surface area contributed by atoms with Gasteiger partial charge >= 0.3 is 0 Å². The smallest absolute Gasteiger partial charge is 0.256 e. The van der Waals surface area contributed by atoms with Crippen LogP contribution >= 0.6 is 0 Å². The van der Waals surface area contributed by atoms with Crippen molar-refractivity contribution in [3.05, 3.63) is 111 Å². The van der Waals surface area contributed by atoms with E-state index in [0.717, 1.165) is 27.9 Å². The van der Waals surface area contributed by atoms with Crippen molar-refractivity contribution >= 4 is 11.7 Å². The SMILES string of the molecule is Cc1ccc(C(=O)Nc2c(-c3ccccc3)c(=O)c(C)nn2-c2ccc(C)c(C)c2)cc1. The maximum absolute atomic E-state index is 13.2. The van der Waals surface area contributed by atoms with Crippen LogP contribution in [0.3, 0.4) is 0 Å². The van der Waals surface area contributed by atoms with E-state index in [-0.39, 0.29) is 11.3 Å². The van der Waals surface area contributed by atoms with Crippen LogP contribution in [0.5, 0.6) is 0 Å². The van der Waals surface area contributed by atoms with Crippen LogP contribution in [0, 0.1) is 27.7 Å². The summed E-state index contributed by atoms with van der Waals surface area (Å²) < 4.78 is 1.65. The molecule has 5 heteroatoms. The second kappa shape index (κ2) is 8.63. The molecule has 1 amide bonds. The molecule has 1 N–H and O–H groups in total. The Morgan fingerprint density at radius 2 is 1.53 bits per heavy atom. The van der Waals surface area contributed by atoms with Gasteiger partial charge in [0.15, 0.2) is 0 Å². The summed E-state index contributed by atoms with van der Waals surface area (Å²) >= 11 is 0. The van der Waals surface area contributed by atoms with Gasteiger partial charge in [-0.2, -0.15) is 5.10 Å². The lowest BCUT2D eigenvalue weighted by Gasteiger charge is -2.19. The first-order valence-electron chi connectivity index (χ1n) is 10.5. The third-order valence-corrected chi connectivity index (χ3v) is 5.60. The molecule has 0 aliphatic rings. The van der Waals surface area contributed by atoms with Gasteiger partial charge in [-0.05, 0) is 68.7 Å². The molecule has 4 rings (SSSR count). The van der Waals surface area contributed by atoms with E-state index in [1.54, 1.807) is 23.7 Å². The Morgan fingerprint density at radius 3 is 2.19 bits per heavy atom. The number of nitrogens with zero attached hydrogens (tertiary/aromatic N) is 2. The molecule has 1 aromatic heterocycles. The summed E-state index contributed by atoms with van der Waals surface area (Å²) in [4.78, 5) is 26.4. The van der Waals surface area contributed by atoms with E-state index in [9.17, 15) is 9.59 Å². The van der Waals surface area contributed by atoms with Crippen molar-refractivity contribution in [2.24, 2.45) is 0 Å². The first-order valence-corrected chi connectivity index (χ1v) is 10.5. The number of anilines is 1. The zero-order valence-electron chi connectivity index (χ0n) is 18.6. The number of carbonyl (C=O) groups excluding carboxylic acids is 1. The van der Waals surface area contributed by atoms with Crippen LogP contribution < -0.4 is 10.7 Å². The fraction of sp³-hybridized carbons (Fsp3) is 0.148. The summed E-state index contributed by atoms with van der Waals surface area (Å²) in [7, 11) is 0. The summed E-state index contributed by atoms with van der Waals surface area (Å²) in [6.45, 7) is 7.73. The molecule has 0 aliphatic heterocycles. The molecule has 0 atom stereocenters. The first-order chi connectivity index (χ1) is 15.3. The number of nitrogens with one attached hydrogen (secondary N) is 1. The number of aromatic nitrogens is 2. The molecule has 4 aromatic rings. The molecule has 0 saturated carbocycles. The molecule has 32 heavy (non-hydrogen) atoms. The second-order valence-electron chi connectivity index (χ2n) is 8.00.